The fraction of sp³-hybridized carbons (Fsp3) is 0.318. The van der Waals surface area contributed by atoms with Crippen molar-refractivity contribution in [3.05, 3.63) is 57.2 Å². The topological polar surface area (TPSA) is 150 Å². The molecule has 2 aromatic rings. The van der Waals surface area contributed by atoms with Crippen LogP contribution in [0.4, 0.5) is 10.5 Å². The molecule has 1 saturated heterocycles. The van der Waals surface area contributed by atoms with Crippen LogP contribution in [0.1, 0.15) is 42.1 Å². The molecule has 1 atom stereocenters. The molecule has 3 rings (SSSR count). The number of esters is 1. The lowest BCUT2D eigenvalue weighted by Gasteiger charge is -2.16. The number of benzene rings is 1. The summed E-state index contributed by atoms with van der Waals surface area (Å²) in [6, 6.07) is 4.79. The molecule has 0 bridgehead atoms. The van der Waals surface area contributed by atoms with Crippen LogP contribution in [-0.2, 0) is 16.1 Å². The number of rotatable bonds is 9. The average molecular weight is 473 g/mol. The van der Waals surface area contributed by atoms with Crippen molar-refractivity contribution in [3.63, 3.8) is 0 Å². The Morgan fingerprint density at radius 3 is 2.65 bits per heavy atom. The Morgan fingerprint density at radius 2 is 2.03 bits per heavy atom. The highest BCUT2D eigenvalue weighted by Crippen LogP contribution is 2.40. The van der Waals surface area contributed by atoms with E-state index in [1.165, 1.54) is 44.6 Å². The summed E-state index contributed by atoms with van der Waals surface area (Å²) in [6.45, 7) is 3.42. The molecule has 1 fully saturated rings. The summed E-state index contributed by atoms with van der Waals surface area (Å²) in [5.41, 5.74) is -0.195. The van der Waals surface area contributed by atoms with Crippen LogP contribution in [0, 0.1) is 10.1 Å². The van der Waals surface area contributed by atoms with Crippen LogP contribution in [-0.4, -0.2) is 48.1 Å². The van der Waals surface area contributed by atoms with Gasteiger partial charge in [-0.1, -0.05) is 6.92 Å². The Hall–Kier alpha value is -4.35. The summed E-state index contributed by atoms with van der Waals surface area (Å²) < 4.78 is 20.8. The second-order valence-corrected chi connectivity index (χ2v) is 7.30. The normalized spacial score (nSPS) is 15.3. The predicted octanol–water partition coefficient (Wildman–Crippen LogP) is 3.25. The van der Waals surface area contributed by atoms with Crippen molar-refractivity contribution >= 4 is 29.7 Å². The molecule has 1 aliphatic heterocycles. The zero-order valence-electron chi connectivity index (χ0n) is 18.9. The Bertz CT molecular complexity index is 1170. The molecule has 0 aliphatic carbocycles. The lowest BCUT2D eigenvalue weighted by Crippen LogP contribution is -2.30. The highest BCUT2D eigenvalue weighted by Gasteiger charge is 2.35. The van der Waals surface area contributed by atoms with Gasteiger partial charge in [-0.3, -0.25) is 19.8 Å². The quantitative estimate of drug-likeness (QED) is 0.190. The maximum Gasteiger partial charge on any atom is 0.373 e. The van der Waals surface area contributed by atoms with Crippen molar-refractivity contribution in [2.75, 3.05) is 14.2 Å². The van der Waals surface area contributed by atoms with Gasteiger partial charge in [-0.05, 0) is 43.2 Å². The Morgan fingerprint density at radius 1 is 1.29 bits per heavy atom. The van der Waals surface area contributed by atoms with E-state index in [-0.39, 0.29) is 52.6 Å². The molecule has 1 N–H and O–H groups in total. The van der Waals surface area contributed by atoms with Gasteiger partial charge in [-0.15, -0.1) is 0 Å². The molecule has 180 valence electrons. The average Bonchev–Trinajstić information content (AvgIpc) is 3.39. The summed E-state index contributed by atoms with van der Waals surface area (Å²) in [5, 5.41) is 14.1. The van der Waals surface area contributed by atoms with Gasteiger partial charge in [-0.25, -0.2) is 9.59 Å². The van der Waals surface area contributed by atoms with Crippen molar-refractivity contribution in [2.45, 2.75) is 32.9 Å². The van der Waals surface area contributed by atoms with Gasteiger partial charge in [0.05, 0.1) is 31.8 Å². The molecule has 1 aliphatic rings. The molecular weight excluding hydrogens is 450 g/mol. The molecule has 0 unspecified atom stereocenters. The monoisotopic (exact) mass is 473 g/mol. The molecule has 34 heavy (non-hydrogen) atoms. The van der Waals surface area contributed by atoms with Gasteiger partial charge in [0.2, 0.25) is 11.5 Å². The first-order valence-electron chi connectivity index (χ1n) is 10.2. The summed E-state index contributed by atoms with van der Waals surface area (Å²) in [4.78, 5) is 48.6. The highest BCUT2D eigenvalue weighted by molar-refractivity contribution is 6.13. The van der Waals surface area contributed by atoms with Gasteiger partial charge in [0.25, 0.3) is 5.91 Å². The molecule has 0 radical (unpaired) electrons. The number of carbonyl (C=O) groups is 3. The third kappa shape index (κ3) is 5.00. The fourth-order valence-corrected chi connectivity index (χ4v) is 3.09. The second-order valence-electron chi connectivity index (χ2n) is 7.30. The molecule has 12 heteroatoms. The van der Waals surface area contributed by atoms with Crippen LogP contribution in [0.5, 0.6) is 11.5 Å². The van der Waals surface area contributed by atoms with Gasteiger partial charge in [0.15, 0.2) is 5.75 Å². The number of nitrogens with zero attached hydrogens (tertiary/aromatic N) is 2. The van der Waals surface area contributed by atoms with Crippen LogP contribution in [0.2, 0.25) is 0 Å². The summed E-state index contributed by atoms with van der Waals surface area (Å²) in [6.07, 6.45) is 1.63. The van der Waals surface area contributed by atoms with Crippen molar-refractivity contribution < 1.29 is 37.9 Å². The van der Waals surface area contributed by atoms with E-state index < -0.39 is 22.8 Å². The van der Waals surface area contributed by atoms with Gasteiger partial charge in [0, 0.05) is 6.07 Å². The molecule has 0 spiro atoms. The van der Waals surface area contributed by atoms with Crippen molar-refractivity contribution in [3.8, 4) is 11.5 Å². The first-order valence-corrected chi connectivity index (χ1v) is 10.2. The number of nitro groups is 1. The summed E-state index contributed by atoms with van der Waals surface area (Å²) in [5.74, 6) is -1.16. The Balaban J connectivity index is 1.89. The zero-order chi connectivity index (χ0) is 25.0. The van der Waals surface area contributed by atoms with Crippen LogP contribution < -0.4 is 14.8 Å². The lowest BCUT2D eigenvalue weighted by molar-refractivity contribution is -0.386. The molecular formula is C22H23N3O9. The smallest absolute Gasteiger partial charge is 0.373 e. The van der Waals surface area contributed by atoms with Crippen molar-refractivity contribution in [2.24, 2.45) is 0 Å². The molecule has 2 heterocycles. The SMILES string of the molecule is CC[C@@H](C)Oc1c(OC)cc(/C=C2\NC(=O)N(Cc3ccc(C(=O)OC)o3)C2=O)cc1[N+](=O)[O-]. The van der Waals surface area contributed by atoms with E-state index in [4.69, 9.17) is 13.9 Å². The van der Waals surface area contributed by atoms with Crippen LogP contribution in [0.3, 0.4) is 0 Å². The van der Waals surface area contributed by atoms with Crippen LogP contribution in [0.25, 0.3) is 6.08 Å². The van der Waals surface area contributed by atoms with E-state index >= 15 is 0 Å². The van der Waals surface area contributed by atoms with Gasteiger partial charge >= 0.3 is 17.7 Å². The molecule has 1 aromatic carbocycles. The maximum atomic E-state index is 12.8. The van der Waals surface area contributed by atoms with Gasteiger partial charge in [0.1, 0.15) is 11.5 Å². The molecule has 0 saturated carbocycles. The molecule has 3 amide bonds. The lowest BCUT2D eigenvalue weighted by atomic mass is 10.1. The highest BCUT2D eigenvalue weighted by atomic mass is 16.6. The van der Waals surface area contributed by atoms with E-state index in [1.807, 2.05) is 6.92 Å². The van der Waals surface area contributed by atoms with Crippen molar-refractivity contribution in [1.29, 1.82) is 0 Å². The number of carbonyl (C=O) groups excluding carboxylic acids is 3. The van der Waals surface area contributed by atoms with E-state index in [9.17, 15) is 24.5 Å². The number of methoxy groups -OCH3 is 2. The van der Waals surface area contributed by atoms with Gasteiger partial charge < -0.3 is 23.9 Å². The Kier molecular flexibility index (Phi) is 7.19. The number of imide groups is 1. The third-order valence-electron chi connectivity index (χ3n) is 5.00. The number of hydrogen-bond donors (Lipinski definition) is 1. The zero-order valence-corrected chi connectivity index (χ0v) is 18.9. The minimum Gasteiger partial charge on any atom is -0.493 e. The minimum absolute atomic E-state index is 0.0216. The van der Waals surface area contributed by atoms with Crippen molar-refractivity contribution in [1.82, 2.24) is 10.2 Å². The molecule has 1 aromatic heterocycles. The predicted molar refractivity (Wildman–Crippen MR) is 117 cm³/mol. The van der Waals surface area contributed by atoms with Crippen LogP contribution in [0.15, 0.2) is 34.4 Å². The minimum atomic E-state index is -0.717. The van der Waals surface area contributed by atoms with E-state index in [0.717, 1.165) is 4.90 Å². The first kappa shape index (κ1) is 24.3. The summed E-state index contributed by atoms with van der Waals surface area (Å²) >= 11 is 0. The number of nitrogens with one attached hydrogen (secondary N) is 1. The van der Waals surface area contributed by atoms with E-state index in [0.29, 0.717) is 6.42 Å². The Labute approximate surface area is 194 Å². The van der Waals surface area contributed by atoms with E-state index in [1.54, 1.807) is 6.92 Å². The number of nitro benzene ring substituents is 1. The maximum absolute atomic E-state index is 12.8. The number of ether oxygens (including phenoxy) is 3. The van der Waals surface area contributed by atoms with E-state index in [2.05, 4.69) is 10.1 Å². The van der Waals surface area contributed by atoms with Crippen LogP contribution >= 0.6 is 0 Å². The summed E-state index contributed by atoms with van der Waals surface area (Å²) in [7, 11) is 2.54. The molecule has 12 nitrogen and oxygen atoms in total. The third-order valence-corrected chi connectivity index (χ3v) is 5.00. The number of furan rings is 1. The first-order chi connectivity index (χ1) is 16.2. The second kappa shape index (κ2) is 10.1. The number of amides is 3. The standard InChI is InChI=1S/C22H23N3O9/c1-5-12(2)33-19-16(25(29)30)9-13(10-18(19)31-3)8-15-20(26)24(22(28)23-15)11-14-6-7-17(34-14)21(27)32-4/h6-10,12H,5,11H2,1-4H3,(H,23,28)/b15-8-/t12-/m1/s1. The van der Waals surface area contributed by atoms with Gasteiger partial charge in [-0.2, -0.15) is 0 Å². The number of hydrogen-bond acceptors (Lipinski definition) is 9. The fourth-order valence-electron chi connectivity index (χ4n) is 3.09. The number of urea groups is 1. The largest absolute Gasteiger partial charge is 0.493 e.